The van der Waals surface area contributed by atoms with Gasteiger partial charge in [0.1, 0.15) is 0 Å². The van der Waals surface area contributed by atoms with Gasteiger partial charge in [0.05, 0.1) is 18.8 Å². The summed E-state index contributed by atoms with van der Waals surface area (Å²) in [5.41, 5.74) is 0. The molecule has 0 saturated heterocycles. The van der Waals surface area contributed by atoms with Crippen LogP contribution >= 0.6 is 0 Å². The van der Waals surface area contributed by atoms with Crippen LogP contribution in [-0.2, 0) is 4.79 Å². The van der Waals surface area contributed by atoms with E-state index in [9.17, 15) is 15.0 Å². The van der Waals surface area contributed by atoms with Crippen LogP contribution in [-0.4, -0.2) is 34.9 Å². The van der Waals surface area contributed by atoms with Crippen molar-refractivity contribution >= 4 is 5.91 Å². The van der Waals surface area contributed by atoms with Gasteiger partial charge in [-0.2, -0.15) is 0 Å². The maximum Gasteiger partial charge on any atom is 0.220 e. The summed E-state index contributed by atoms with van der Waals surface area (Å²) in [5, 5.41) is 22.8. The minimum absolute atomic E-state index is 0.0804. The van der Waals surface area contributed by atoms with Gasteiger partial charge in [-0.3, -0.25) is 4.79 Å². The maximum absolute atomic E-state index is 12.3. The Labute approximate surface area is 274 Å². The Morgan fingerprint density at radius 3 is 1.32 bits per heavy atom. The van der Waals surface area contributed by atoms with Gasteiger partial charge in [0.25, 0.3) is 0 Å². The Morgan fingerprint density at radius 2 is 0.886 bits per heavy atom. The number of nitrogens with one attached hydrogen (secondary N) is 1. The number of aliphatic hydroxyl groups is 2. The zero-order chi connectivity index (χ0) is 32.2. The summed E-state index contributed by atoms with van der Waals surface area (Å²) in [6, 6.07) is -0.640. The van der Waals surface area contributed by atoms with Crippen LogP contribution in [0.2, 0.25) is 0 Å². The number of aliphatic hydroxyl groups excluding tert-OH is 2. The average Bonchev–Trinajstić information content (AvgIpc) is 3.03. The van der Waals surface area contributed by atoms with Crippen LogP contribution in [0.4, 0.5) is 0 Å². The van der Waals surface area contributed by atoms with Crippen molar-refractivity contribution in [2.75, 3.05) is 6.61 Å². The largest absolute Gasteiger partial charge is 0.394 e. The molecule has 0 heterocycles. The van der Waals surface area contributed by atoms with E-state index in [4.69, 9.17) is 0 Å². The molecule has 0 aromatic rings. The maximum atomic E-state index is 12.3. The molecule has 1 amide bonds. The van der Waals surface area contributed by atoms with E-state index in [1.165, 1.54) is 135 Å². The van der Waals surface area contributed by atoms with Crippen LogP contribution in [0.25, 0.3) is 0 Å². The van der Waals surface area contributed by atoms with E-state index < -0.39 is 12.1 Å². The second-order valence-corrected chi connectivity index (χ2v) is 13.0. The fourth-order valence-corrected chi connectivity index (χ4v) is 5.62. The third kappa shape index (κ3) is 32.0. The molecule has 4 heteroatoms. The second kappa shape index (κ2) is 36.1. The van der Waals surface area contributed by atoms with E-state index in [0.717, 1.165) is 38.5 Å². The molecule has 0 saturated carbocycles. The summed E-state index contributed by atoms with van der Waals surface area (Å²) in [6.45, 7) is 4.27. The molecule has 0 aliphatic rings. The molecule has 0 aromatic heterocycles. The van der Waals surface area contributed by atoms with Gasteiger partial charge < -0.3 is 15.5 Å². The van der Waals surface area contributed by atoms with Gasteiger partial charge in [-0.1, -0.05) is 179 Å². The third-order valence-electron chi connectivity index (χ3n) is 8.60. The summed E-state index contributed by atoms with van der Waals surface area (Å²) in [6.07, 6.45) is 46.7. The molecular formula is C40H75NO3. The van der Waals surface area contributed by atoms with Crippen molar-refractivity contribution in [3.63, 3.8) is 0 Å². The van der Waals surface area contributed by atoms with E-state index in [2.05, 4.69) is 43.5 Å². The monoisotopic (exact) mass is 618 g/mol. The van der Waals surface area contributed by atoms with Gasteiger partial charge >= 0.3 is 0 Å². The molecule has 0 spiro atoms. The molecule has 0 aliphatic heterocycles. The Bertz CT molecular complexity index is 672. The van der Waals surface area contributed by atoms with Gasteiger partial charge in [0.15, 0.2) is 0 Å². The quantitative estimate of drug-likeness (QED) is 0.0497. The van der Waals surface area contributed by atoms with Gasteiger partial charge in [-0.05, 0) is 44.9 Å². The molecule has 3 N–H and O–H groups in total. The fourth-order valence-electron chi connectivity index (χ4n) is 5.62. The molecular weight excluding hydrogens is 542 g/mol. The fraction of sp³-hybridized carbons (Fsp3) is 0.825. The second-order valence-electron chi connectivity index (χ2n) is 13.0. The van der Waals surface area contributed by atoms with Crippen molar-refractivity contribution in [3.8, 4) is 0 Å². The molecule has 44 heavy (non-hydrogen) atoms. The highest BCUT2D eigenvalue weighted by Crippen LogP contribution is 2.13. The minimum Gasteiger partial charge on any atom is -0.394 e. The molecule has 0 aromatic carbocycles. The molecule has 0 radical (unpaired) electrons. The zero-order valence-corrected chi connectivity index (χ0v) is 29.4. The predicted octanol–water partition coefficient (Wildman–Crippen LogP) is 11.5. The number of carbonyl (C=O) groups is 1. The molecule has 0 rings (SSSR count). The van der Waals surface area contributed by atoms with Crippen LogP contribution in [0.1, 0.15) is 194 Å². The minimum atomic E-state index is -0.865. The lowest BCUT2D eigenvalue weighted by Gasteiger charge is -2.19. The van der Waals surface area contributed by atoms with Gasteiger partial charge in [0.2, 0.25) is 5.91 Å². The van der Waals surface area contributed by atoms with Crippen LogP contribution < -0.4 is 5.32 Å². The molecule has 0 fully saturated rings. The number of carbonyl (C=O) groups excluding carboxylic acids is 1. The van der Waals surface area contributed by atoms with Crippen LogP contribution in [0.5, 0.6) is 0 Å². The van der Waals surface area contributed by atoms with E-state index in [-0.39, 0.29) is 12.5 Å². The number of amides is 1. The first-order valence-electron chi connectivity index (χ1n) is 19.2. The van der Waals surface area contributed by atoms with E-state index in [1.807, 2.05) is 6.08 Å². The van der Waals surface area contributed by atoms with Crippen molar-refractivity contribution in [1.29, 1.82) is 0 Å². The van der Waals surface area contributed by atoms with Gasteiger partial charge in [0, 0.05) is 6.42 Å². The zero-order valence-electron chi connectivity index (χ0n) is 29.4. The normalized spacial score (nSPS) is 13.5. The van der Waals surface area contributed by atoms with Crippen molar-refractivity contribution in [1.82, 2.24) is 5.32 Å². The third-order valence-corrected chi connectivity index (χ3v) is 8.60. The summed E-state index contributed by atoms with van der Waals surface area (Å²) in [7, 11) is 0. The summed E-state index contributed by atoms with van der Waals surface area (Å²) in [5.74, 6) is -0.0804. The number of allylic oxidation sites excluding steroid dienone is 5. The lowest BCUT2D eigenvalue weighted by molar-refractivity contribution is -0.123. The molecule has 2 unspecified atom stereocenters. The highest BCUT2D eigenvalue weighted by Gasteiger charge is 2.17. The van der Waals surface area contributed by atoms with E-state index in [1.54, 1.807) is 6.08 Å². The SMILES string of the molecule is CCCCCCCCCCCCC/C=C/CC/C=C/CC/C=C/C(O)C(CO)NC(=O)CCCCCCCCCCCCC. The Hall–Kier alpha value is -1.39. The Kier molecular flexibility index (Phi) is 34.9. The number of hydrogen-bond donors (Lipinski definition) is 3. The van der Waals surface area contributed by atoms with E-state index >= 15 is 0 Å². The number of rotatable bonds is 34. The standard InChI is InChI=1S/C40H75NO3/c1-3-5-7-9-11-13-15-16-17-18-19-20-21-22-23-24-26-27-29-31-33-35-39(43)38(37-42)41-40(44)36-34-32-30-28-25-14-12-10-8-6-4-2/h21-22,26-27,33,35,38-39,42-43H,3-20,23-25,28-32,34,36-37H2,1-2H3,(H,41,44)/b22-21+,27-26+,35-33+. The highest BCUT2D eigenvalue weighted by atomic mass is 16.3. The molecule has 0 bridgehead atoms. The van der Waals surface area contributed by atoms with Crippen molar-refractivity contribution in [2.45, 2.75) is 206 Å². The van der Waals surface area contributed by atoms with Crippen molar-refractivity contribution in [3.05, 3.63) is 36.5 Å². The van der Waals surface area contributed by atoms with Crippen LogP contribution in [0.3, 0.4) is 0 Å². The molecule has 258 valence electrons. The van der Waals surface area contributed by atoms with E-state index in [0.29, 0.717) is 6.42 Å². The Balaban J connectivity index is 3.67. The summed E-state index contributed by atoms with van der Waals surface area (Å²) < 4.78 is 0. The lowest BCUT2D eigenvalue weighted by Crippen LogP contribution is -2.45. The highest BCUT2D eigenvalue weighted by molar-refractivity contribution is 5.76. The summed E-state index contributed by atoms with van der Waals surface area (Å²) in [4.78, 5) is 12.3. The predicted molar refractivity (Wildman–Crippen MR) is 193 cm³/mol. The smallest absolute Gasteiger partial charge is 0.220 e. The van der Waals surface area contributed by atoms with Gasteiger partial charge in [-0.15, -0.1) is 0 Å². The number of unbranched alkanes of at least 4 members (excludes halogenated alkanes) is 23. The van der Waals surface area contributed by atoms with Crippen LogP contribution in [0, 0.1) is 0 Å². The average molecular weight is 618 g/mol. The lowest BCUT2D eigenvalue weighted by atomic mass is 10.0. The van der Waals surface area contributed by atoms with Crippen LogP contribution in [0.15, 0.2) is 36.5 Å². The van der Waals surface area contributed by atoms with Crippen molar-refractivity contribution in [2.24, 2.45) is 0 Å². The first kappa shape index (κ1) is 42.6. The molecule has 2 atom stereocenters. The van der Waals surface area contributed by atoms with Gasteiger partial charge in [-0.25, -0.2) is 0 Å². The number of hydrogen-bond acceptors (Lipinski definition) is 3. The Morgan fingerprint density at radius 1 is 0.523 bits per heavy atom. The van der Waals surface area contributed by atoms with Crippen molar-refractivity contribution < 1.29 is 15.0 Å². The first-order chi connectivity index (χ1) is 21.7. The topological polar surface area (TPSA) is 69.6 Å². The molecule has 0 aliphatic carbocycles. The molecule has 4 nitrogen and oxygen atoms in total. The first-order valence-corrected chi connectivity index (χ1v) is 19.2. The summed E-state index contributed by atoms with van der Waals surface area (Å²) >= 11 is 0.